The molecule has 1 aromatic heterocycles. The van der Waals surface area contributed by atoms with Gasteiger partial charge in [0.05, 0.1) is 11.4 Å². The van der Waals surface area contributed by atoms with Gasteiger partial charge in [0.1, 0.15) is 0 Å². The largest absolute Gasteiger partial charge is 0.395 e. The van der Waals surface area contributed by atoms with Crippen molar-refractivity contribution in [1.29, 1.82) is 0 Å². The van der Waals surface area contributed by atoms with E-state index in [-0.39, 0.29) is 11.9 Å². The first-order chi connectivity index (χ1) is 8.60. The van der Waals surface area contributed by atoms with E-state index in [2.05, 4.69) is 29.4 Å². The standard InChI is InChI=1S/C12H22N4OS/c1-4-6-9-10(13)11(16-15-9)12(17)14-8(3)7-18-5-2/h8H,4-7,13H2,1-3H3,(H,14,17)(H,15,16). The van der Waals surface area contributed by atoms with Gasteiger partial charge in [-0.1, -0.05) is 20.3 Å². The van der Waals surface area contributed by atoms with E-state index in [1.165, 1.54) is 0 Å². The van der Waals surface area contributed by atoms with Crippen LogP contribution in [0.4, 0.5) is 5.69 Å². The van der Waals surface area contributed by atoms with Crippen LogP contribution in [0.1, 0.15) is 43.4 Å². The van der Waals surface area contributed by atoms with Crippen molar-refractivity contribution in [3.8, 4) is 0 Å². The Labute approximate surface area is 112 Å². The number of nitrogen functional groups attached to an aromatic ring is 1. The first kappa shape index (κ1) is 14.9. The first-order valence-electron chi connectivity index (χ1n) is 6.31. The fraction of sp³-hybridized carbons (Fsp3) is 0.667. The zero-order valence-electron chi connectivity index (χ0n) is 11.2. The number of aromatic nitrogens is 2. The molecular weight excluding hydrogens is 248 g/mol. The van der Waals surface area contributed by atoms with Crippen LogP contribution in [0.2, 0.25) is 0 Å². The quantitative estimate of drug-likeness (QED) is 0.705. The van der Waals surface area contributed by atoms with Crippen LogP contribution in [0.15, 0.2) is 0 Å². The lowest BCUT2D eigenvalue weighted by atomic mass is 10.2. The molecule has 0 radical (unpaired) electrons. The summed E-state index contributed by atoms with van der Waals surface area (Å²) in [5, 5.41) is 9.73. The van der Waals surface area contributed by atoms with E-state index in [4.69, 9.17) is 5.73 Å². The second-order valence-electron chi connectivity index (χ2n) is 4.25. The van der Waals surface area contributed by atoms with E-state index in [0.29, 0.717) is 11.4 Å². The second-order valence-corrected chi connectivity index (χ2v) is 5.57. The average Bonchev–Trinajstić information content (AvgIpc) is 2.69. The lowest BCUT2D eigenvalue weighted by Gasteiger charge is -2.12. The average molecular weight is 270 g/mol. The number of aryl methyl sites for hydroxylation is 1. The van der Waals surface area contributed by atoms with E-state index in [1.54, 1.807) is 11.8 Å². The van der Waals surface area contributed by atoms with Crippen LogP contribution in [0.5, 0.6) is 0 Å². The topological polar surface area (TPSA) is 83.8 Å². The minimum absolute atomic E-state index is 0.119. The fourth-order valence-electron chi connectivity index (χ4n) is 1.63. The molecule has 4 N–H and O–H groups in total. The third-order valence-corrected chi connectivity index (χ3v) is 3.69. The summed E-state index contributed by atoms with van der Waals surface area (Å²) in [6.45, 7) is 6.14. The zero-order chi connectivity index (χ0) is 13.5. The molecule has 0 aliphatic carbocycles. The van der Waals surface area contributed by atoms with Gasteiger partial charge in [0.25, 0.3) is 5.91 Å². The maximum absolute atomic E-state index is 12.0. The first-order valence-corrected chi connectivity index (χ1v) is 7.46. The van der Waals surface area contributed by atoms with Crippen LogP contribution in [-0.4, -0.2) is 33.7 Å². The summed E-state index contributed by atoms with van der Waals surface area (Å²) in [6.07, 6.45) is 1.78. The summed E-state index contributed by atoms with van der Waals surface area (Å²) < 4.78 is 0. The van der Waals surface area contributed by atoms with Gasteiger partial charge in [0, 0.05) is 11.8 Å². The maximum atomic E-state index is 12.0. The summed E-state index contributed by atoms with van der Waals surface area (Å²) in [4.78, 5) is 12.0. The number of nitrogens with zero attached hydrogens (tertiary/aromatic N) is 1. The smallest absolute Gasteiger partial charge is 0.274 e. The molecule has 6 heteroatoms. The van der Waals surface area contributed by atoms with Gasteiger partial charge < -0.3 is 11.1 Å². The SMILES string of the molecule is CCCc1[nH]nc(C(=O)NC(C)CSCC)c1N. The highest BCUT2D eigenvalue weighted by atomic mass is 32.2. The zero-order valence-corrected chi connectivity index (χ0v) is 12.1. The molecule has 0 saturated heterocycles. The Morgan fingerprint density at radius 3 is 2.89 bits per heavy atom. The molecule has 18 heavy (non-hydrogen) atoms. The summed E-state index contributed by atoms with van der Waals surface area (Å²) in [7, 11) is 0. The van der Waals surface area contributed by atoms with Crippen LogP contribution < -0.4 is 11.1 Å². The van der Waals surface area contributed by atoms with Crippen molar-refractivity contribution < 1.29 is 4.79 Å². The monoisotopic (exact) mass is 270 g/mol. The normalized spacial score (nSPS) is 12.4. The lowest BCUT2D eigenvalue weighted by Crippen LogP contribution is -2.34. The van der Waals surface area contributed by atoms with Gasteiger partial charge in [-0.2, -0.15) is 16.9 Å². The van der Waals surface area contributed by atoms with Gasteiger partial charge in [-0.25, -0.2) is 0 Å². The van der Waals surface area contributed by atoms with Crippen molar-refractivity contribution in [2.75, 3.05) is 17.2 Å². The molecular formula is C12H22N4OS. The highest BCUT2D eigenvalue weighted by molar-refractivity contribution is 7.99. The number of carbonyl (C=O) groups is 1. The number of aromatic amines is 1. The van der Waals surface area contributed by atoms with Crippen molar-refractivity contribution >= 4 is 23.4 Å². The number of anilines is 1. The van der Waals surface area contributed by atoms with E-state index >= 15 is 0 Å². The van der Waals surface area contributed by atoms with Gasteiger partial charge in [-0.15, -0.1) is 0 Å². The van der Waals surface area contributed by atoms with Gasteiger partial charge in [0.15, 0.2) is 5.69 Å². The summed E-state index contributed by atoms with van der Waals surface area (Å²) in [6, 6.07) is 0.119. The predicted molar refractivity (Wildman–Crippen MR) is 76.9 cm³/mol. The minimum atomic E-state index is -0.199. The molecule has 0 aliphatic heterocycles. The number of hydrogen-bond acceptors (Lipinski definition) is 4. The Bertz CT molecular complexity index is 391. The molecule has 1 aromatic rings. The predicted octanol–water partition coefficient (Wildman–Crippen LogP) is 1.82. The van der Waals surface area contributed by atoms with E-state index in [9.17, 15) is 4.79 Å². The van der Waals surface area contributed by atoms with Gasteiger partial charge in [0.2, 0.25) is 0 Å². The number of amides is 1. The van der Waals surface area contributed by atoms with E-state index in [1.807, 2.05) is 6.92 Å². The Morgan fingerprint density at radius 2 is 2.28 bits per heavy atom. The summed E-state index contributed by atoms with van der Waals surface area (Å²) >= 11 is 1.80. The van der Waals surface area contributed by atoms with Crippen molar-refractivity contribution in [2.24, 2.45) is 0 Å². The highest BCUT2D eigenvalue weighted by Gasteiger charge is 2.18. The maximum Gasteiger partial charge on any atom is 0.274 e. The Morgan fingerprint density at radius 1 is 1.56 bits per heavy atom. The molecule has 102 valence electrons. The second kappa shape index (κ2) is 7.31. The molecule has 0 aliphatic rings. The third kappa shape index (κ3) is 3.94. The van der Waals surface area contributed by atoms with Crippen LogP contribution in [0, 0.1) is 0 Å². The fourth-order valence-corrected chi connectivity index (χ4v) is 2.30. The van der Waals surface area contributed by atoms with E-state index < -0.39 is 0 Å². The van der Waals surface area contributed by atoms with Gasteiger partial charge in [-0.05, 0) is 19.1 Å². The molecule has 1 atom stereocenters. The number of thioether (sulfide) groups is 1. The Kier molecular flexibility index (Phi) is 6.04. The number of nitrogens with two attached hydrogens (primary N) is 1. The van der Waals surface area contributed by atoms with Crippen molar-refractivity contribution in [3.05, 3.63) is 11.4 Å². The molecule has 0 bridgehead atoms. The molecule has 1 unspecified atom stereocenters. The van der Waals surface area contributed by atoms with Crippen molar-refractivity contribution in [2.45, 2.75) is 39.7 Å². The molecule has 1 rings (SSSR count). The summed E-state index contributed by atoms with van der Waals surface area (Å²) in [5.74, 6) is 1.75. The van der Waals surface area contributed by atoms with Crippen LogP contribution in [0.25, 0.3) is 0 Å². The Balaban J connectivity index is 2.61. The summed E-state index contributed by atoms with van der Waals surface area (Å²) in [5.41, 5.74) is 7.54. The van der Waals surface area contributed by atoms with Crippen LogP contribution in [0.3, 0.4) is 0 Å². The van der Waals surface area contributed by atoms with Gasteiger partial charge in [-0.3, -0.25) is 9.89 Å². The molecule has 0 saturated carbocycles. The number of hydrogen-bond donors (Lipinski definition) is 3. The van der Waals surface area contributed by atoms with Crippen molar-refractivity contribution in [3.63, 3.8) is 0 Å². The van der Waals surface area contributed by atoms with Crippen LogP contribution in [-0.2, 0) is 6.42 Å². The molecule has 0 fully saturated rings. The Hall–Kier alpha value is -1.17. The highest BCUT2D eigenvalue weighted by Crippen LogP contribution is 2.15. The number of H-pyrrole nitrogens is 1. The molecule has 5 nitrogen and oxygen atoms in total. The molecule has 0 aromatic carbocycles. The lowest BCUT2D eigenvalue weighted by molar-refractivity contribution is 0.0939. The molecule has 1 amide bonds. The number of carbonyl (C=O) groups excluding carboxylic acids is 1. The molecule has 1 heterocycles. The number of rotatable bonds is 7. The van der Waals surface area contributed by atoms with Crippen LogP contribution >= 0.6 is 11.8 Å². The molecule has 0 spiro atoms. The number of nitrogens with one attached hydrogen (secondary N) is 2. The third-order valence-electron chi connectivity index (χ3n) is 2.55. The van der Waals surface area contributed by atoms with Crippen molar-refractivity contribution in [1.82, 2.24) is 15.5 Å². The minimum Gasteiger partial charge on any atom is -0.395 e. The van der Waals surface area contributed by atoms with E-state index in [0.717, 1.165) is 30.0 Å². The van der Waals surface area contributed by atoms with Gasteiger partial charge >= 0.3 is 0 Å².